The average molecular weight is 244 g/mol. The average Bonchev–Trinajstić information content (AvgIpc) is 2.76. The molecule has 0 radical (unpaired) electrons. The van der Waals surface area contributed by atoms with Crippen LogP contribution < -0.4 is 5.32 Å². The lowest BCUT2D eigenvalue weighted by molar-refractivity contribution is 0.439. The third kappa shape index (κ3) is 2.45. The molecule has 0 aliphatic heterocycles. The van der Waals surface area contributed by atoms with Gasteiger partial charge in [0.05, 0.1) is 5.69 Å². The van der Waals surface area contributed by atoms with Gasteiger partial charge < -0.3 is 5.32 Å². The summed E-state index contributed by atoms with van der Waals surface area (Å²) in [5.74, 6) is 2.10. The van der Waals surface area contributed by atoms with Crippen molar-refractivity contribution in [3.8, 4) is 6.07 Å². The Morgan fingerprint density at radius 2 is 2.11 bits per heavy atom. The van der Waals surface area contributed by atoms with E-state index in [1.807, 2.05) is 13.8 Å². The van der Waals surface area contributed by atoms with Crippen LogP contribution in [0, 0.1) is 37.0 Å². The van der Waals surface area contributed by atoms with Crippen molar-refractivity contribution >= 4 is 5.82 Å². The predicted molar refractivity (Wildman–Crippen MR) is 71.2 cm³/mol. The molecule has 1 N–H and O–H groups in total. The van der Waals surface area contributed by atoms with Crippen molar-refractivity contribution in [2.75, 3.05) is 11.9 Å². The minimum atomic E-state index is 0.633. The molecule has 1 aromatic heterocycles. The number of nitriles is 1. The first-order chi connectivity index (χ1) is 8.63. The van der Waals surface area contributed by atoms with E-state index in [2.05, 4.69) is 28.5 Å². The van der Waals surface area contributed by atoms with Gasteiger partial charge in [-0.15, -0.1) is 5.10 Å². The molecule has 0 saturated heterocycles. The van der Waals surface area contributed by atoms with Crippen molar-refractivity contribution in [3.63, 3.8) is 0 Å². The maximum Gasteiger partial charge on any atom is 0.166 e. The molecule has 1 fully saturated rings. The number of rotatable bonds is 3. The number of anilines is 1. The maximum atomic E-state index is 9.21. The van der Waals surface area contributed by atoms with E-state index in [1.165, 1.54) is 19.3 Å². The second-order valence-electron chi connectivity index (χ2n) is 5.29. The molecule has 0 aromatic carbocycles. The van der Waals surface area contributed by atoms with E-state index in [9.17, 15) is 5.26 Å². The first-order valence-corrected chi connectivity index (χ1v) is 6.61. The van der Waals surface area contributed by atoms with Crippen molar-refractivity contribution in [2.45, 2.75) is 40.0 Å². The van der Waals surface area contributed by atoms with Crippen LogP contribution in [0.1, 0.15) is 43.0 Å². The lowest BCUT2D eigenvalue weighted by Gasteiger charge is -2.17. The summed E-state index contributed by atoms with van der Waals surface area (Å²) in [4.78, 5) is 0. The zero-order valence-corrected chi connectivity index (χ0v) is 11.3. The van der Waals surface area contributed by atoms with E-state index in [1.54, 1.807) is 0 Å². The van der Waals surface area contributed by atoms with E-state index < -0.39 is 0 Å². The molecule has 1 aliphatic rings. The van der Waals surface area contributed by atoms with Crippen LogP contribution in [0.5, 0.6) is 0 Å². The molecule has 4 nitrogen and oxygen atoms in total. The molecule has 0 bridgehead atoms. The number of hydrogen-bond acceptors (Lipinski definition) is 4. The first-order valence-electron chi connectivity index (χ1n) is 6.61. The fourth-order valence-electron chi connectivity index (χ4n) is 2.62. The minimum absolute atomic E-state index is 0.633. The van der Waals surface area contributed by atoms with Crippen molar-refractivity contribution in [2.24, 2.45) is 11.8 Å². The monoisotopic (exact) mass is 244 g/mol. The van der Waals surface area contributed by atoms with Gasteiger partial charge in [-0.1, -0.05) is 19.8 Å². The molecule has 18 heavy (non-hydrogen) atoms. The Bertz CT molecular complexity index is 475. The topological polar surface area (TPSA) is 61.6 Å². The predicted octanol–water partition coefficient (Wildman–Crippen LogP) is 2.81. The second kappa shape index (κ2) is 5.34. The fraction of sp³-hybridized carbons (Fsp3) is 0.643. The maximum absolute atomic E-state index is 9.21. The molecule has 4 heteroatoms. The molecule has 96 valence electrons. The molecular weight excluding hydrogens is 224 g/mol. The molecular formula is C14H20N4. The van der Waals surface area contributed by atoms with E-state index in [0.717, 1.165) is 23.7 Å². The molecule has 1 aromatic rings. The quantitative estimate of drug-likeness (QED) is 0.888. The van der Waals surface area contributed by atoms with Crippen molar-refractivity contribution in [3.05, 3.63) is 16.8 Å². The van der Waals surface area contributed by atoms with Gasteiger partial charge in [-0.25, -0.2) is 0 Å². The Hall–Kier alpha value is -1.63. The zero-order valence-electron chi connectivity index (χ0n) is 11.3. The van der Waals surface area contributed by atoms with Gasteiger partial charge >= 0.3 is 0 Å². The summed E-state index contributed by atoms with van der Waals surface area (Å²) in [5.41, 5.74) is 2.38. The van der Waals surface area contributed by atoms with Gasteiger partial charge in [-0.2, -0.15) is 10.4 Å². The molecule has 1 aliphatic carbocycles. The Morgan fingerprint density at radius 1 is 1.33 bits per heavy atom. The molecule has 0 amide bonds. The molecule has 2 unspecified atom stereocenters. The van der Waals surface area contributed by atoms with E-state index in [-0.39, 0.29) is 0 Å². The first kappa shape index (κ1) is 12.8. The number of nitrogens with zero attached hydrogens (tertiary/aromatic N) is 3. The van der Waals surface area contributed by atoms with Gasteiger partial charge in [0.2, 0.25) is 0 Å². The van der Waals surface area contributed by atoms with Crippen LogP contribution >= 0.6 is 0 Å². The zero-order chi connectivity index (χ0) is 13.1. The standard InChI is InChI=1S/C14H20N4/c1-9-5-4-6-12(9)8-16-14-13(7-15)10(2)11(3)17-18-14/h9,12H,4-6,8H2,1-3H3,(H,16,18). The fourth-order valence-corrected chi connectivity index (χ4v) is 2.62. The molecule has 1 saturated carbocycles. The number of hydrogen-bond donors (Lipinski definition) is 1. The SMILES string of the molecule is Cc1nnc(NCC2CCCC2C)c(C#N)c1C. The van der Waals surface area contributed by atoms with E-state index >= 15 is 0 Å². The van der Waals surface area contributed by atoms with Crippen LogP contribution in [0.3, 0.4) is 0 Å². The summed E-state index contributed by atoms with van der Waals surface area (Å²) >= 11 is 0. The highest BCUT2D eigenvalue weighted by molar-refractivity contribution is 5.55. The highest BCUT2D eigenvalue weighted by atomic mass is 15.2. The summed E-state index contributed by atoms with van der Waals surface area (Å²) < 4.78 is 0. The van der Waals surface area contributed by atoms with Crippen LogP contribution in [-0.2, 0) is 0 Å². The molecule has 2 atom stereocenters. The Labute approximate surface area is 108 Å². The largest absolute Gasteiger partial charge is 0.367 e. The lowest BCUT2D eigenvalue weighted by Crippen LogP contribution is -2.18. The smallest absolute Gasteiger partial charge is 0.166 e. The summed E-state index contributed by atoms with van der Waals surface area (Å²) in [6.07, 6.45) is 3.90. The Morgan fingerprint density at radius 3 is 2.72 bits per heavy atom. The third-order valence-corrected chi connectivity index (χ3v) is 4.14. The molecule has 0 spiro atoms. The van der Waals surface area contributed by atoms with Crippen molar-refractivity contribution in [1.82, 2.24) is 10.2 Å². The Balaban J connectivity index is 2.10. The number of nitrogens with one attached hydrogen (secondary N) is 1. The van der Waals surface area contributed by atoms with Crippen molar-refractivity contribution in [1.29, 1.82) is 5.26 Å². The third-order valence-electron chi connectivity index (χ3n) is 4.14. The van der Waals surface area contributed by atoms with Gasteiger partial charge in [-0.3, -0.25) is 0 Å². The summed E-state index contributed by atoms with van der Waals surface area (Å²) in [5, 5.41) is 20.7. The van der Waals surface area contributed by atoms with Gasteiger partial charge in [-0.05, 0) is 37.7 Å². The van der Waals surface area contributed by atoms with Gasteiger partial charge in [0.25, 0.3) is 0 Å². The number of aryl methyl sites for hydroxylation is 1. The van der Waals surface area contributed by atoms with Gasteiger partial charge in [0.1, 0.15) is 11.6 Å². The summed E-state index contributed by atoms with van der Waals surface area (Å²) in [6.45, 7) is 7.00. The van der Waals surface area contributed by atoms with Gasteiger partial charge in [0.15, 0.2) is 5.82 Å². The highest BCUT2D eigenvalue weighted by Crippen LogP contribution is 2.31. The van der Waals surface area contributed by atoms with E-state index in [4.69, 9.17) is 0 Å². The summed E-state index contributed by atoms with van der Waals surface area (Å²) in [6, 6.07) is 2.23. The van der Waals surface area contributed by atoms with Crippen LogP contribution in [0.25, 0.3) is 0 Å². The highest BCUT2D eigenvalue weighted by Gasteiger charge is 2.23. The van der Waals surface area contributed by atoms with Crippen LogP contribution in [0.2, 0.25) is 0 Å². The molecule has 1 heterocycles. The summed E-state index contributed by atoms with van der Waals surface area (Å²) in [7, 11) is 0. The van der Waals surface area contributed by atoms with Gasteiger partial charge in [0, 0.05) is 6.54 Å². The molecule has 2 rings (SSSR count). The Kier molecular flexibility index (Phi) is 3.81. The van der Waals surface area contributed by atoms with Crippen LogP contribution in [0.4, 0.5) is 5.82 Å². The van der Waals surface area contributed by atoms with Crippen molar-refractivity contribution < 1.29 is 0 Å². The number of aromatic nitrogens is 2. The minimum Gasteiger partial charge on any atom is -0.367 e. The second-order valence-corrected chi connectivity index (χ2v) is 5.29. The van der Waals surface area contributed by atoms with Crippen LogP contribution in [-0.4, -0.2) is 16.7 Å². The lowest BCUT2D eigenvalue weighted by atomic mass is 9.98. The normalized spacial score (nSPS) is 22.8. The van der Waals surface area contributed by atoms with Crippen LogP contribution in [0.15, 0.2) is 0 Å². The van der Waals surface area contributed by atoms with E-state index in [0.29, 0.717) is 17.3 Å².